The van der Waals surface area contributed by atoms with Crippen molar-refractivity contribution in [3.63, 3.8) is 0 Å². The van der Waals surface area contributed by atoms with Crippen molar-refractivity contribution < 1.29 is 27.9 Å². The minimum absolute atomic E-state index is 0.249. The van der Waals surface area contributed by atoms with Gasteiger partial charge in [-0.25, -0.2) is 28.4 Å². The predicted octanol–water partition coefficient (Wildman–Crippen LogP) is 3.25. The first-order valence-electron chi connectivity index (χ1n) is 9.13. The smallest absolute Gasteiger partial charge is 0.418 e. The van der Waals surface area contributed by atoms with Gasteiger partial charge in [0.15, 0.2) is 17.2 Å². The summed E-state index contributed by atoms with van der Waals surface area (Å²) >= 11 is 0. The van der Waals surface area contributed by atoms with Gasteiger partial charge < -0.3 is 4.74 Å². The lowest BCUT2D eigenvalue weighted by molar-refractivity contribution is -0.146. The Hall–Kier alpha value is -3.23. The number of rotatable bonds is 4. The Bertz CT molecular complexity index is 953. The zero-order valence-corrected chi connectivity index (χ0v) is 15.3. The lowest BCUT2D eigenvalue weighted by Gasteiger charge is -2.33. The van der Waals surface area contributed by atoms with Crippen LogP contribution in [0.3, 0.4) is 0 Å². The van der Waals surface area contributed by atoms with Crippen LogP contribution in [0.2, 0.25) is 0 Å². The van der Waals surface area contributed by atoms with Crippen LogP contribution in [0.5, 0.6) is 0 Å². The van der Waals surface area contributed by atoms with E-state index in [1.165, 1.54) is 0 Å². The van der Waals surface area contributed by atoms with Gasteiger partial charge in [-0.2, -0.15) is 0 Å². The van der Waals surface area contributed by atoms with E-state index in [4.69, 9.17) is 4.74 Å². The van der Waals surface area contributed by atoms with Crippen molar-refractivity contribution in [1.82, 2.24) is 14.9 Å². The maximum atomic E-state index is 13.4. The molecule has 2 amide bonds. The Kier molecular flexibility index (Phi) is 4.60. The molecule has 0 bridgehead atoms. The third-order valence-electron chi connectivity index (χ3n) is 5.26. The Morgan fingerprint density at radius 3 is 2.28 bits per heavy atom. The Labute approximate surface area is 164 Å². The van der Waals surface area contributed by atoms with Crippen LogP contribution in [-0.4, -0.2) is 50.7 Å². The van der Waals surface area contributed by atoms with Gasteiger partial charge in [-0.1, -0.05) is 24.3 Å². The van der Waals surface area contributed by atoms with E-state index >= 15 is 0 Å². The maximum absolute atomic E-state index is 13.4. The van der Waals surface area contributed by atoms with Crippen LogP contribution in [0.1, 0.15) is 36.0 Å². The first kappa shape index (κ1) is 19.1. The number of alkyl halides is 2. The summed E-state index contributed by atoms with van der Waals surface area (Å²) in [4.78, 5) is 46.3. The molecule has 2 aromatic rings. The minimum atomic E-state index is -2.87. The fourth-order valence-electron chi connectivity index (χ4n) is 3.55. The highest BCUT2D eigenvalue weighted by molar-refractivity contribution is 6.08. The summed E-state index contributed by atoms with van der Waals surface area (Å²) in [7, 11) is 0. The fraction of sp³-hybridized carbons (Fsp3) is 0.350. The molecule has 0 unspecified atom stereocenters. The molecule has 1 aliphatic heterocycles. The van der Waals surface area contributed by atoms with E-state index in [0.29, 0.717) is 21.9 Å². The van der Waals surface area contributed by atoms with E-state index in [2.05, 4.69) is 9.97 Å². The minimum Gasteiger partial charge on any atom is -0.432 e. The molecule has 1 aromatic heterocycles. The average molecular weight is 401 g/mol. The molecule has 0 atom stereocenters. The van der Waals surface area contributed by atoms with Crippen molar-refractivity contribution in [3.05, 3.63) is 48.3 Å². The highest BCUT2D eigenvalue weighted by Gasteiger charge is 2.58. The van der Waals surface area contributed by atoms with Crippen LogP contribution < -0.4 is 0 Å². The number of hydrogen-bond acceptors (Lipinski definition) is 6. The molecule has 1 spiro atoms. The van der Waals surface area contributed by atoms with Crippen LogP contribution in [0.25, 0.3) is 11.4 Å². The summed E-state index contributed by atoms with van der Waals surface area (Å²) in [6, 6.07) is 8.12. The zero-order chi connectivity index (χ0) is 20.6. The molecule has 2 fully saturated rings. The van der Waals surface area contributed by atoms with Crippen molar-refractivity contribution in [2.45, 2.75) is 37.2 Å². The second-order valence-corrected chi connectivity index (χ2v) is 7.18. The number of Topliss-reactive ketones (excluding diaryl/α,β-unsaturated/α-hetero) is 1. The third kappa shape index (κ3) is 3.59. The number of amides is 2. The molecule has 9 heteroatoms. The zero-order valence-electron chi connectivity index (χ0n) is 15.3. The number of aromatic nitrogens is 2. The Balaban J connectivity index is 1.46. The van der Waals surface area contributed by atoms with Gasteiger partial charge in [0.05, 0.1) is 6.54 Å². The monoisotopic (exact) mass is 401 g/mol. The van der Waals surface area contributed by atoms with Gasteiger partial charge in [-0.15, -0.1) is 0 Å². The summed E-state index contributed by atoms with van der Waals surface area (Å²) < 4.78 is 32.0. The van der Waals surface area contributed by atoms with Crippen molar-refractivity contribution in [3.8, 4) is 11.4 Å². The third-order valence-corrected chi connectivity index (χ3v) is 5.26. The standard InChI is InChI=1S/C20H17F2N3O4/c21-20(22)8-6-19(7-9-20)17(27)25(18(28)29-19)12-15(26)13-2-4-14(5-3-13)16-23-10-1-11-24-16/h1-5,10-11H,6-9,12H2. The van der Waals surface area contributed by atoms with Crippen molar-refractivity contribution >= 4 is 17.8 Å². The quantitative estimate of drug-likeness (QED) is 0.731. The van der Waals surface area contributed by atoms with E-state index in [1.807, 2.05) is 0 Å². The highest BCUT2D eigenvalue weighted by Crippen LogP contribution is 2.44. The normalized spacial score (nSPS) is 20.0. The van der Waals surface area contributed by atoms with Gasteiger partial charge in [0, 0.05) is 49.2 Å². The molecule has 1 aromatic carbocycles. The van der Waals surface area contributed by atoms with Gasteiger partial charge in [-0.3, -0.25) is 9.59 Å². The second kappa shape index (κ2) is 6.98. The van der Waals surface area contributed by atoms with Crippen molar-refractivity contribution in [2.75, 3.05) is 6.54 Å². The van der Waals surface area contributed by atoms with Crippen LogP contribution in [0.4, 0.5) is 13.6 Å². The Morgan fingerprint density at radius 1 is 1.03 bits per heavy atom. The number of carbonyl (C=O) groups excluding carboxylic acids is 3. The molecule has 7 nitrogen and oxygen atoms in total. The van der Waals surface area contributed by atoms with Gasteiger partial charge in [0.2, 0.25) is 5.92 Å². The molecule has 2 aliphatic rings. The van der Waals surface area contributed by atoms with E-state index in [0.717, 1.165) is 0 Å². The molecule has 150 valence electrons. The lowest BCUT2D eigenvalue weighted by atomic mass is 9.82. The molecular formula is C20H17F2N3O4. The van der Waals surface area contributed by atoms with Gasteiger partial charge in [-0.05, 0) is 6.07 Å². The number of nitrogens with zero attached hydrogens (tertiary/aromatic N) is 3. The lowest BCUT2D eigenvalue weighted by Crippen LogP contribution is -2.47. The van der Waals surface area contributed by atoms with E-state index in [-0.39, 0.29) is 12.8 Å². The molecule has 29 heavy (non-hydrogen) atoms. The van der Waals surface area contributed by atoms with Crippen LogP contribution in [0, 0.1) is 0 Å². The van der Waals surface area contributed by atoms with E-state index in [1.54, 1.807) is 42.7 Å². The molecule has 1 saturated carbocycles. The van der Waals surface area contributed by atoms with Crippen molar-refractivity contribution in [1.29, 1.82) is 0 Å². The van der Waals surface area contributed by atoms with Gasteiger partial charge in [0.25, 0.3) is 5.91 Å². The number of hydrogen-bond donors (Lipinski definition) is 0. The fourth-order valence-corrected chi connectivity index (χ4v) is 3.55. The largest absolute Gasteiger partial charge is 0.432 e. The number of ketones is 1. The second-order valence-electron chi connectivity index (χ2n) is 7.18. The SMILES string of the molecule is O=C(CN1C(=O)OC2(CCC(F)(F)CC2)C1=O)c1ccc(-c2ncccn2)cc1. The van der Waals surface area contributed by atoms with Gasteiger partial charge >= 0.3 is 6.09 Å². The molecule has 1 aliphatic carbocycles. The molecule has 4 rings (SSSR count). The summed E-state index contributed by atoms with van der Waals surface area (Å²) in [6.45, 7) is -0.503. The number of imide groups is 1. The summed E-state index contributed by atoms with van der Waals surface area (Å²) in [5, 5.41) is 0. The van der Waals surface area contributed by atoms with E-state index in [9.17, 15) is 23.2 Å². The number of carbonyl (C=O) groups is 3. The predicted molar refractivity (Wildman–Crippen MR) is 96.1 cm³/mol. The van der Waals surface area contributed by atoms with Crippen LogP contribution >= 0.6 is 0 Å². The van der Waals surface area contributed by atoms with E-state index < -0.39 is 48.7 Å². The maximum Gasteiger partial charge on any atom is 0.418 e. The molecule has 2 heterocycles. The average Bonchev–Trinajstić information content (AvgIpc) is 2.95. The summed E-state index contributed by atoms with van der Waals surface area (Å²) in [5.41, 5.74) is -0.574. The van der Waals surface area contributed by atoms with Crippen molar-refractivity contribution in [2.24, 2.45) is 0 Å². The first-order chi connectivity index (χ1) is 13.8. The number of benzene rings is 1. The number of ether oxygens (including phenoxy) is 1. The Morgan fingerprint density at radius 2 is 1.66 bits per heavy atom. The molecule has 1 saturated heterocycles. The molecular weight excluding hydrogens is 384 g/mol. The molecule has 0 N–H and O–H groups in total. The summed E-state index contributed by atoms with van der Waals surface area (Å²) in [6.07, 6.45) is 0.671. The van der Waals surface area contributed by atoms with Gasteiger partial charge in [0.1, 0.15) is 0 Å². The first-order valence-corrected chi connectivity index (χ1v) is 9.13. The number of halogens is 2. The highest BCUT2D eigenvalue weighted by atomic mass is 19.3. The topological polar surface area (TPSA) is 89.5 Å². The summed E-state index contributed by atoms with van der Waals surface area (Å²) in [5.74, 6) is -3.55. The molecule has 0 radical (unpaired) electrons. The van der Waals surface area contributed by atoms with Crippen LogP contribution in [-0.2, 0) is 9.53 Å². The van der Waals surface area contributed by atoms with Crippen LogP contribution in [0.15, 0.2) is 42.7 Å².